The average Bonchev–Trinajstić information content (AvgIpc) is 4.01. The largest absolute Gasteiger partial charge is 0.456 e. The van der Waals surface area contributed by atoms with E-state index in [0.29, 0.717) is 0 Å². The summed E-state index contributed by atoms with van der Waals surface area (Å²) in [4.78, 5) is 2.36. The van der Waals surface area contributed by atoms with Crippen molar-refractivity contribution in [2.45, 2.75) is 13.8 Å². The van der Waals surface area contributed by atoms with E-state index in [9.17, 15) is 0 Å². The van der Waals surface area contributed by atoms with Gasteiger partial charge in [0.05, 0.1) is 22.1 Å². The fourth-order valence-electron chi connectivity index (χ4n) is 10.3. The summed E-state index contributed by atoms with van der Waals surface area (Å²) in [7, 11) is 0. The minimum absolute atomic E-state index is 0.875. The molecule has 66 heavy (non-hydrogen) atoms. The number of aryl methyl sites for hydroxylation is 2. The molecule has 0 fully saturated rings. The van der Waals surface area contributed by atoms with E-state index in [-0.39, 0.29) is 0 Å². The first-order valence-electron chi connectivity index (χ1n) is 22.7. The standard InChI is InChI=1S/C62H43N3O/c1-40-17-30-57-52(35-40)53-36-41(2)18-31-58(53)64(57)48-25-21-46(22-26-48)63(50-29-34-62-56(39-50)51-15-9-10-16-61(51)66-62)47-23-27-49(28-24-47)65-59-32-19-44(42-11-5-3-6-12-42)37-54(59)55-38-45(20-33-60(55)65)43-13-7-4-8-14-43/h3-39H,1-2H3. The number of hydrogen-bond acceptors (Lipinski definition) is 2. The molecular formula is C62H43N3O. The van der Waals surface area contributed by atoms with Crippen LogP contribution in [0.25, 0.3) is 99.2 Å². The highest BCUT2D eigenvalue weighted by molar-refractivity contribution is 6.12. The first kappa shape index (κ1) is 37.9. The third-order valence-corrected chi connectivity index (χ3v) is 13.4. The molecule has 4 heteroatoms. The molecule has 13 rings (SSSR count). The molecule has 0 saturated heterocycles. The van der Waals surface area contributed by atoms with E-state index in [0.717, 1.165) is 50.4 Å². The highest BCUT2D eigenvalue weighted by Crippen LogP contribution is 2.42. The van der Waals surface area contributed by atoms with Crippen LogP contribution >= 0.6 is 0 Å². The second kappa shape index (κ2) is 15.0. The second-order valence-electron chi connectivity index (χ2n) is 17.6. The summed E-state index contributed by atoms with van der Waals surface area (Å²) < 4.78 is 11.1. The molecule has 3 aromatic heterocycles. The van der Waals surface area contributed by atoms with Crippen LogP contribution in [0.1, 0.15) is 11.1 Å². The molecule has 0 aliphatic rings. The molecule has 10 aromatic carbocycles. The first-order valence-corrected chi connectivity index (χ1v) is 22.7. The number of nitrogens with zero attached hydrogens (tertiary/aromatic N) is 3. The van der Waals surface area contributed by atoms with Gasteiger partial charge in [-0.05, 0) is 157 Å². The predicted molar refractivity (Wildman–Crippen MR) is 277 cm³/mol. The quantitative estimate of drug-likeness (QED) is 0.160. The van der Waals surface area contributed by atoms with Gasteiger partial charge in [-0.3, -0.25) is 0 Å². The van der Waals surface area contributed by atoms with Crippen molar-refractivity contribution in [3.05, 3.63) is 236 Å². The first-order chi connectivity index (χ1) is 32.5. The van der Waals surface area contributed by atoms with E-state index in [2.05, 4.69) is 240 Å². The second-order valence-corrected chi connectivity index (χ2v) is 17.6. The van der Waals surface area contributed by atoms with Crippen LogP contribution in [0.4, 0.5) is 17.1 Å². The Labute approximate surface area is 382 Å². The van der Waals surface area contributed by atoms with Crippen LogP contribution in [0.5, 0.6) is 0 Å². The molecule has 0 aliphatic heterocycles. The maximum absolute atomic E-state index is 6.31. The summed E-state index contributed by atoms with van der Waals surface area (Å²) in [6.45, 7) is 4.34. The van der Waals surface area contributed by atoms with Gasteiger partial charge in [0.25, 0.3) is 0 Å². The van der Waals surface area contributed by atoms with Crippen molar-refractivity contribution in [2.75, 3.05) is 4.90 Å². The molecule has 4 nitrogen and oxygen atoms in total. The van der Waals surface area contributed by atoms with Gasteiger partial charge in [0.15, 0.2) is 0 Å². The summed E-state index contributed by atoms with van der Waals surface area (Å²) in [6, 6.07) is 81.6. The van der Waals surface area contributed by atoms with E-state index in [4.69, 9.17) is 4.42 Å². The number of para-hydroxylation sites is 1. The lowest BCUT2D eigenvalue weighted by atomic mass is 10.0. The molecule has 0 amide bonds. The van der Waals surface area contributed by atoms with Crippen molar-refractivity contribution in [3.63, 3.8) is 0 Å². The van der Waals surface area contributed by atoms with Gasteiger partial charge in [-0.25, -0.2) is 0 Å². The van der Waals surface area contributed by atoms with Gasteiger partial charge in [0.2, 0.25) is 0 Å². The fourth-order valence-corrected chi connectivity index (χ4v) is 10.3. The molecule has 0 aliphatic carbocycles. The van der Waals surface area contributed by atoms with Crippen molar-refractivity contribution >= 4 is 82.6 Å². The van der Waals surface area contributed by atoms with Gasteiger partial charge in [0.1, 0.15) is 11.2 Å². The normalized spacial score (nSPS) is 11.8. The number of anilines is 3. The van der Waals surface area contributed by atoms with Crippen LogP contribution in [-0.4, -0.2) is 9.13 Å². The average molecular weight is 846 g/mol. The molecule has 3 heterocycles. The zero-order valence-corrected chi connectivity index (χ0v) is 36.6. The Morgan fingerprint density at radius 1 is 0.303 bits per heavy atom. The number of benzene rings is 10. The van der Waals surface area contributed by atoms with Crippen LogP contribution < -0.4 is 4.90 Å². The van der Waals surface area contributed by atoms with Crippen molar-refractivity contribution in [2.24, 2.45) is 0 Å². The van der Waals surface area contributed by atoms with Gasteiger partial charge in [-0.2, -0.15) is 0 Å². The van der Waals surface area contributed by atoms with Crippen molar-refractivity contribution in [1.82, 2.24) is 9.13 Å². The van der Waals surface area contributed by atoms with Crippen LogP contribution in [0.15, 0.2) is 229 Å². The zero-order valence-electron chi connectivity index (χ0n) is 36.6. The maximum Gasteiger partial charge on any atom is 0.135 e. The maximum atomic E-state index is 6.31. The van der Waals surface area contributed by atoms with E-state index in [1.165, 1.54) is 77.0 Å². The lowest BCUT2D eigenvalue weighted by Gasteiger charge is -2.26. The monoisotopic (exact) mass is 845 g/mol. The SMILES string of the molecule is Cc1ccc2c(c1)c1cc(C)ccc1n2-c1ccc(N(c2ccc(-n3c4ccc(-c5ccccc5)cc4c4cc(-c5ccccc5)ccc43)cc2)c2ccc3oc4ccccc4c3c2)cc1. The zero-order chi connectivity index (χ0) is 43.9. The van der Waals surface area contributed by atoms with Crippen LogP contribution in [0.3, 0.4) is 0 Å². The summed E-state index contributed by atoms with van der Waals surface area (Å²) >= 11 is 0. The predicted octanol–water partition coefficient (Wildman–Crippen LogP) is 17.2. The van der Waals surface area contributed by atoms with Crippen LogP contribution in [-0.2, 0) is 0 Å². The third kappa shape index (κ3) is 6.14. The number of aromatic nitrogens is 2. The Bertz CT molecular complexity index is 3830. The van der Waals surface area contributed by atoms with Gasteiger partial charge in [0, 0.05) is 60.8 Å². The highest BCUT2D eigenvalue weighted by Gasteiger charge is 2.20. The van der Waals surface area contributed by atoms with Gasteiger partial charge in [-0.1, -0.05) is 114 Å². The molecule has 0 bridgehead atoms. The molecule has 0 radical (unpaired) electrons. The Morgan fingerprint density at radius 2 is 0.727 bits per heavy atom. The number of rotatable bonds is 7. The lowest BCUT2D eigenvalue weighted by Crippen LogP contribution is -2.10. The number of hydrogen-bond donors (Lipinski definition) is 0. The molecule has 0 unspecified atom stereocenters. The third-order valence-electron chi connectivity index (χ3n) is 13.4. The van der Waals surface area contributed by atoms with Crippen LogP contribution in [0, 0.1) is 13.8 Å². The minimum atomic E-state index is 0.875. The van der Waals surface area contributed by atoms with Gasteiger partial charge in [-0.15, -0.1) is 0 Å². The molecule has 0 atom stereocenters. The molecule has 312 valence electrons. The van der Waals surface area contributed by atoms with Crippen molar-refractivity contribution in [3.8, 4) is 33.6 Å². The summed E-state index contributed by atoms with van der Waals surface area (Å²) in [5, 5.41) is 7.20. The molecule has 0 N–H and O–H groups in total. The smallest absolute Gasteiger partial charge is 0.135 e. The van der Waals surface area contributed by atoms with Gasteiger partial charge < -0.3 is 18.5 Å². The summed E-state index contributed by atoms with van der Waals surface area (Å²) in [6.07, 6.45) is 0. The molecule has 13 aromatic rings. The lowest BCUT2D eigenvalue weighted by molar-refractivity contribution is 0.669. The minimum Gasteiger partial charge on any atom is -0.456 e. The summed E-state index contributed by atoms with van der Waals surface area (Å²) in [5.74, 6) is 0. The summed E-state index contributed by atoms with van der Waals surface area (Å²) in [5.41, 5.74) is 19.2. The topological polar surface area (TPSA) is 26.2 Å². The Hall–Kier alpha value is -8.60. The van der Waals surface area contributed by atoms with E-state index < -0.39 is 0 Å². The number of furan rings is 1. The van der Waals surface area contributed by atoms with Gasteiger partial charge >= 0.3 is 0 Å². The van der Waals surface area contributed by atoms with Crippen LogP contribution in [0.2, 0.25) is 0 Å². The van der Waals surface area contributed by atoms with E-state index >= 15 is 0 Å². The highest BCUT2D eigenvalue weighted by atomic mass is 16.3. The fraction of sp³-hybridized carbons (Fsp3) is 0.0323. The van der Waals surface area contributed by atoms with Crippen molar-refractivity contribution in [1.29, 1.82) is 0 Å². The molecular weight excluding hydrogens is 803 g/mol. The van der Waals surface area contributed by atoms with E-state index in [1.807, 2.05) is 12.1 Å². The Balaban J connectivity index is 0.959. The Kier molecular flexibility index (Phi) is 8.62. The number of fused-ring (bicyclic) bond motifs is 9. The Morgan fingerprint density at radius 3 is 1.24 bits per heavy atom. The van der Waals surface area contributed by atoms with Crippen molar-refractivity contribution < 1.29 is 4.42 Å². The van der Waals surface area contributed by atoms with E-state index in [1.54, 1.807) is 0 Å². The molecule has 0 spiro atoms. The molecule has 0 saturated carbocycles.